The summed E-state index contributed by atoms with van der Waals surface area (Å²) in [6.45, 7) is 4.21. The molecular formula is C25H55N3O2. The van der Waals surface area contributed by atoms with Crippen LogP contribution in [0.25, 0.3) is 0 Å². The summed E-state index contributed by atoms with van der Waals surface area (Å²) in [6.07, 6.45) is 22.4. The molecule has 5 nitrogen and oxygen atoms in total. The number of hydrogen-bond acceptors (Lipinski definition) is 4. The first kappa shape index (κ1) is 31.5. The van der Waals surface area contributed by atoms with Crippen LogP contribution in [0.4, 0.5) is 0 Å². The van der Waals surface area contributed by atoms with Crippen molar-refractivity contribution in [3.8, 4) is 0 Å². The molecule has 0 aromatic carbocycles. The first-order valence-electron chi connectivity index (χ1n) is 12.7. The number of aliphatic carboxylic acids is 1. The standard InChI is InChI=1S/C19H42N.C6H14N2O2/c1-5-6-7-8-9-10-11-12-13-14-15-16-17-18-19-20(2,3)4;7-4-2-1-3-5(8)6(9)10/h5-19H2,1-4H3;5H,1-4,7-8H2,(H,9,10)/q+1;/p-1. The number of hydrogen-bond donors (Lipinski definition) is 2. The van der Waals surface area contributed by atoms with Crippen molar-refractivity contribution in [2.45, 2.75) is 122 Å². The summed E-state index contributed by atoms with van der Waals surface area (Å²) >= 11 is 0. The molecule has 4 N–H and O–H groups in total. The summed E-state index contributed by atoms with van der Waals surface area (Å²) in [5.74, 6) is -1.18. The van der Waals surface area contributed by atoms with Crippen LogP contribution in [0.3, 0.4) is 0 Å². The Hall–Kier alpha value is -0.650. The molecule has 0 saturated carbocycles. The average molecular weight is 430 g/mol. The highest BCUT2D eigenvalue weighted by Gasteiger charge is 2.05. The molecule has 1 atom stereocenters. The van der Waals surface area contributed by atoms with E-state index < -0.39 is 12.0 Å². The number of carbonyl (C=O) groups excluding carboxylic acids is 1. The van der Waals surface area contributed by atoms with Gasteiger partial charge in [-0.3, -0.25) is 0 Å². The minimum absolute atomic E-state index is 0.458. The van der Waals surface area contributed by atoms with Gasteiger partial charge in [-0.05, 0) is 32.2 Å². The largest absolute Gasteiger partial charge is 0.548 e. The second-order valence-corrected chi connectivity index (χ2v) is 9.82. The molecule has 0 aromatic rings. The number of carbonyl (C=O) groups is 1. The maximum Gasteiger partial charge on any atom is 0.0780 e. The third kappa shape index (κ3) is 29.6. The minimum Gasteiger partial charge on any atom is -0.548 e. The highest BCUT2D eigenvalue weighted by atomic mass is 16.4. The average Bonchev–Trinajstić information content (AvgIpc) is 2.68. The molecule has 0 amide bonds. The Bertz CT molecular complexity index is 357. The Kier molecular flexibility index (Phi) is 24.2. The van der Waals surface area contributed by atoms with Crippen molar-refractivity contribution < 1.29 is 14.4 Å². The highest BCUT2D eigenvalue weighted by molar-refractivity contribution is 5.70. The molecule has 0 aliphatic heterocycles. The molecule has 0 aliphatic rings. The smallest absolute Gasteiger partial charge is 0.0780 e. The van der Waals surface area contributed by atoms with E-state index >= 15 is 0 Å². The number of nitrogens with two attached hydrogens (primary N) is 2. The second kappa shape index (κ2) is 23.0. The maximum atomic E-state index is 10.0. The van der Waals surface area contributed by atoms with Gasteiger partial charge in [-0.15, -0.1) is 0 Å². The zero-order valence-corrected chi connectivity index (χ0v) is 20.9. The molecule has 30 heavy (non-hydrogen) atoms. The summed E-state index contributed by atoms with van der Waals surface area (Å²) in [7, 11) is 6.88. The molecule has 0 bridgehead atoms. The van der Waals surface area contributed by atoms with Gasteiger partial charge in [0.2, 0.25) is 0 Å². The predicted octanol–water partition coefficient (Wildman–Crippen LogP) is 4.37. The Balaban J connectivity index is 0. The van der Waals surface area contributed by atoms with Gasteiger partial charge in [-0.1, -0.05) is 90.4 Å². The van der Waals surface area contributed by atoms with Crippen molar-refractivity contribution >= 4 is 5.97 Å². The van der Waals surface area contributed by atoms with E-state index in [0.29, 0.717) is 13.0 Å². The van der Waals surface area contributed by atoms with E-state index in [1.54, 1.807) is 0 Å². The quantitative estimate of drug-likeness (QED) is 0.222. The Morgan fingerprint density at radius 1 is 0.733 bits per heavy atom. The number of carboxylic acids is 1. The molecule has 182 valence electrons. The van der Waals surface area contributed by atoms with Gasteiger partial charge < -0.3 is 25.9 Å². The van der Waals surface area contributed by atoms with Crippen LogP contribution in [0.5, 0.6) is 0 Å². The van der Waals surface area contributed by atoms with Crippen molar-refractivity contribution in [2.75, 3.05) is 34.2 Å². The van der Waals surface area contributed by atoms with Gasteiger partial charge in [0.05, 0.1) is 33.7 Å². The topological polar surface area (TPSA) is 92.2 Å². The fourth-order valence-electron chi connectivity index (χ4n) is 3.41. The first-order chi connectivity index (χ1) is 14.2. The Morgan fingerprint density at radius 3 is 1.47 bits per heavy atom. The van der Waals surface area contributed by atoms with Crippen molar-refractivity contribution in [2.24, 2.45) is 11.5 Å². The molecule has 0 aromatic heterocycles. The van der Waals surface area contributed by atoms with Crippen LogP contribution in [0.2, 0.25) is 0 Å². The second-order valence-electron chi connectivity index (χ2n) is 9.82. The highest BCUT2D eigenvalue weighted by Crippen LogP contribution is 2.13. The van der Waals surface area contributed by atoms with Crippen molar-refractivity contribution in [1.82, 2.24) is 0 Å². The number of quaternary nitrogens is 1. The van der Waals surface area contributed by atoms with Gasteiger partial charge >= 0.3 is 0 Å². The molecule has 0 spiro atoms. The fraction of sp³-hybridized carbons (Fsp3) is 0.960. The lowest BCUT2D eigenvalue weighted by molar-refractivity contribution is -0.870. The van der Waals surface area contributed by atoms with Crippen LogP contribution in [-0.2, 0) is 4.79 Å². The van der Waals surface area contributed by atoms with E-state index in [9.17, 15) is 9.90 Å². The lowest BCUT2D eigenvalue weighted by Gasteiger charge is -2.23. The van der Waals surface area contributed by atoms with Gasteiger partial charge in [0.25, 0.3) is 0 Å². The van der Waals surface area contributed by atoms with E-state index in [0.717, 1.165) is 17.3 Å². The third-order valence-corrected chi connectivity index (χ3v) is 5.45. The lowest BCUT2D eigenvalue weighted by Crippen LogP contribution is -2.41. The van der Waals surface area contributed by atoms with Crippen LogP contribution in [0.1, 0.15) is 116 Å². The number of carboxylic acid groups (broad SMARTS) is 1. The van der Waals surface area contributed by atoms with Crippen molar-refractivity contribution in [1.29, 1.82) is 0 Å². The molecule has 5 heteroatoms. The normalized spacial score (nSPS) is 12.3. The van der Waals surface area contributed by atoms with Gasteiger partial charge in [-0.25, -0.2) is 0 Å². The van der Waals surface area contributed by atoms with Crippen LogP contribution in [0.15, 0.2) is 0 Å². The van der Waals surface area contributed by atoms with Gasteiger partial charge in [-0.2, -0.15) is 0 Å². The Labute approximate surface area is 188 Å². The summed E-state index contributed by atoms with van der Waals surface area (Å²) < 4.78 is 1.12. The van der Waals surface area contributed by atoms with Gasteiger partial charge in [0.1, 0.15) is 0 Å². The van der Waals surface area contributed by atoms with Crippen LogP contribution in [-0.4, -0.2) is 50.7 Å². The summed E-state index contributed by atoms with van der Waals surface area (Å²) in [6, 6.07) is -0.827. The van der Waals surface area contributed by atoms with Crippen LogP contribution >= 0.6 is 0 Å². The molecule has 1 unspecified atom stereocenters. The Morgan fingerprint density at radius 2 is 1.13 bits per heavy atom. The molecular weight excluding hydrogens is 374 g/mol. The third-order valence-electron chi connectivity index (χ3n) is 5.45. The zero-order chi connectivity index (χ0) is 23.1. The molecule has 0 fully saturated rings. The maximum absolute atomic E-state index is 10.0. The lowest BCUT2D eigenvalue weighted by atomic mass is 10.0. The monoisotopic (exact) mass is 429 g/mol. The van der Waals surface area contributed by atoms with E-state index in [1.165, 1.54) is 96.4 Å². The fourth-order valence-corrected chi connectivity index (χ4v) is 3.41. The van der Waals surface area contributed by atoms with Crippen LogP contribution in [0, 0.1) is 0 Å². The van der Waals surface area contributed by atoms with Crippen molar-refractivity contribution in [3.63, 3.8) is 0 Å². The predicted molar refractivity (Wildman–Crippen MR) is 129 cm³/mol. The summed E-state index contributed by atoms with van der Waals surface area (Å²) in [5.41, 5.74) is 10.3. The summed E-state index contributed by atoms with van der Waals surface area (Å²) in [5, 5.41) is 10.0. The number of unbranched alkanes of at least 4 members (excludes halogenated alkanes) is 14. The van der Waals surface area contributed by atoms with Crippen LogP contribution < -0.4 is 16.6 Å². The number of rotatable bonds is 20. The van der Waals surface area contributed by atoms with Crippen molar-refractivity contribution in [3.05, 3.63) is 0 Å². The van der Waals surface area contributed by atoms with Gasteiger partial charge in [0.15, 0.2) is 0 Å². The minimum atomic E-state index is -1.18. The molecule has 0 aliphatic carbocycles. The summed E-state index contributed by atoms with van der Waals surface area (Å²) in [4.78, 5) is 10.0. The molecule has 0 heterocycles. The number of nitrogens with zero attached hydrogens (tertiary/aromatic N) is 1. The molecule has 0 rings (SSSR count). The molecule has 0 saturated heterocycles. The van der Waals surface area contributed by atoms with E-state index in [4.69, 9.17) is 11.5 Å². The molecule has 0 radical (unpaired) electrons. The van der Waals surface area contributed by atoms with E-state index in [-0.39, 0.29) is 0 Å². The van der Waals surface area contributed by atoms with Gasteiger partial charge in [0, 0.05) is 6.04 Å². The van der Waals surface area contributed by atoms with E-state index in [2.05, 4.69) is 28.1 Å². The van der Waals surface area contributed by atoms with E-state index in [1.807, 2.05) is 0 Å². The first-order valence-corrected chi connectivity index (χ1v) is 12.7. The SMILES string of the molecule is CCCCCCCCCCCCCCCC[N+](C)(C)C.NCCCCC(N)C(=O)[O-]. The zero-order valence-electron chi connectivity index (χ0n) is 20.9.